The molecule has 4 rings (SSSR count). The van der Waals surface area contributed by atoms with Gasteiger partial charge in [-0.3, -0.25) is 15.3 Å². The number of hydrogen-bond donors (Lipinski definition) is 4. The highest BCUT2D eigenvalue weighted by molar-refractivity contribution is 5.78. The predicted octanol–water partition coefficient (Wildman–Crippen LogP) is 3.24. The van der Waals surface area contributed by atoms with E-state index in [1.54, 1.807) is 0 Å². The molecular formula is C34H62N3O6+. The Morgan fingerprint density at radius 2 is 1.88 bits per heavy atom. The number of ether oxygens (including phenoxy) is 2. The van der Waals surface area contributed by atoms with Crippen molar-refractivity contribution in [3.63, 3.8) is 0 Å². The molecule has 0 aromatic rings. The summed E-state index contributed by atoms with van der Waals surface area (Å²) in [6.45, 7) is 6.03. The number of aliphatic hydroxyl groups excluding tert-OH is 2. The predicted molar refractivity (Wildman–Crippen MR) is 166 cm³/mol. The number of piperidine rings is 1. The van der Waals surface area contributed by atoms with Crippen molar-refractivity contribution in [2.45, 2.75) is 160 Å². The van der Waals surface area contributed by atoms with Gasteiger partial charge in [0.2, 0.25) is 5.91 Å². The number of hydrogen-bond acceptors (Lipinski definition) is 7. The molecule has 9 nitrogen and oxygen atoms in total. The number of unbranched alkanes of at least 4 members (excludes halogenated alkanes) is 2. The largest absolute Gasteiger partial charge is 0.462 e. The molecule has 2 saturated carbocycles. The summed E-state index contributed by atoms with van der Waals surface area (Å²) in [5, 5.41) is 24.4. The lowest BCUT2D eigenvalue weighted by Gasteiger charge is -2.42. The van der Waals surface area contributed by atoms with E-state index in [-0.39, 0.29) is 42.3 Å². The maximum Gasteiger partial charge on any atom is 0.302 e. The minimum Gasteiger partial charge on any atom is -0.462 e. The minimum absolute atomic E-state index is 0.0302. The van der Waals surface area contributed by atoms with E-state index in [4.69, 9.17) is 15.2 Å². The van der Waals surface area contributed by atoms with Gasteiger partial charge in [-0.2, -0.15) is 0 Å². The van der Waals surface area contributed by atoms with Crippen LogP contribution in [-0.4, -0.2) is 83.3 Å². The molecule has 248 valence electrons. The molecule has 2 aliphatic carbocycles. The smallest absolute Gasteiger partial charge is 0.302 e. The highest BCUT2D eigenvalue weighted by Gasteiger charge is 2.42. The van der Waals surface area contributed by atoms with Crippen LogP contribution >= 0.6 is 0 Å². The van der Waals surface area contributed by atoms with Gasteiger partial charge in [-0.15, -0.1) is 0 Å². The molecule has 6 N–H and O–H groups in total. The number of nitrogens with two attached hydrogens (primary N) is 2. The molecule has 2 saturated heterocycles. The molecule has 0 spiro atoms. The van der Waals surface area contributed by atoms with Crippen LogP contribution in [0.25, 0.3) is 0 Å². The third-order valence-electron chi connectivity index (χ3n) is 10.7. The SMILES string of the molecule is CCCCCC(O)CC(CCC1CC(CN2CC(CC3CC[NH2+]C(N)C3)CC2=O)C(O)C(OC2CCCC2)C1)OC(C)=O. The van der Waals surface area contributed by atoms with Crippen molar-refractivity contribution in [2.75, 3.05) is 19.6 Å². The maximum absolute atomic E-state index is 13.1. The number of esters is 1. The summed E-state index contributed by atoms with van der Waals surface area (Å²) in [6, 6.07) is 0. The van der Waals surface area contributed by atoms with E-state index < -0.39 is 12.2 Å². The molecular weight excluding hydrogens is 546 g/mol. The van der Waals surface area contributed by atoms with Crippen molar-refractivity contribution in [2.24, 2.45) is 29.4 Å². The fourth-order valence-corrected chi connectivity index (χ4v) is 8.50. The van der Waals surface area contributed by atoms with Crippen molar-refractivity contribution in [1.82, 2.24) is 4.90 Å². The van der Waals surface area contributed by atoms with Crippen molar-refractivity contribution < 1.29 is 34.6 Å². The van der Waals surface area contributed by atoms with E-state index in [9.17, 15) is 19.8 Å². The number of quaternary nitrogens is 1. The molecule has 4 fully saturated rings. The minimum atomic E-state index is -0.583. The maximum atomic E-state index is 13.1. The van der Waals surface area contributed by atoms with Gasteiger partial charge in [0.1, 0.15) is 12.3 Å². The van der Waals surface area contributed by atoms with Crippen molar-refractivity contribution in [1.29, 1.82) is 0 Å². The number of rotatable bonds is 16. The molecule has 0 radical (unpaired) electrons. The summed E-state index contributed by atoms with van der Waals surface area (Å²) in [4.78, 5) is 27.0. The zero-order chi connectivity index (χ0) is 30.8. The van der Waals surface area contributed by atoms with Gasteiger partial charge in [0.05, 0.1) is 31.0 Å². The summed E-state index contributed by atoms with van der Waals surface area (Å²) in [5.41, 5.74) is 6.18. The van der Waals surface area contributed by atoms with E-state index in [0.717, 1.165) is 83.7 Å². The molecule has 4 aliphatic rings. The van der Waals surface area contributed by atoms with Gasteiger partial charge in [0, 0.05) is 45.2 Å². The van der Waals surface area contributed by atoms with Crippen LogP contribution in [0.15, 0.2) is 0 Å². The summed E-state index contributed by atoms with van der Waals surface area (Å²) in [5.74, 6) is 1.16. The zero-order valence-corrected chi connectivity index (χ0v) is 27.0. The second-order valence-corrected chi connectivity index (χ2v) is 14.5. The Labute approximate surface area is 260 Å². The number of likely N-dealkylation sites (tertiary alicyclic amines) is 1. The molecule has 0 aromatic heterocycles. The third kappa shape index (κ3) is 11.2. The third-order valence-corrected chi connectivity index (χ3v) is 10.7. The molecule has 2 heterocycles. The van der Waals surface area contributed by atoms with Gasteiger partial charge in [-0.1, -0.05) is 39.0 Å². The first-order chi connectivity index (χ1) is 20.7. The highest BCUT2D eigenvalue weighted by Crippen LogP contribution is 2.39. The van der Waals surface area contributed by atoms with E-state index >= 15 is 0 Å². The molecule has 1 amide bonds. The lowest BCUT2D eigenvalue weighted by Crippen LogP contribution is -2.94. The van der Waals surface area contributed by atoms with Crippen LogP contribution < -0.4 is 11.1 Å². The van der Waals surface area contributed by atoms with Gasteiger partial charge in [0.15, 0.2) is 0 Å². The first-order valence-electron chi connectivity index (χ1n) is 17.8. The summed E-state index contributed by atoms with van der Waals surface area (Å²) in [7, 11) is 0. The lowest BCUT2D eigenvalue weighted by molar-refractivity contribution is -0.699. The second-order valence-electron chi connectivity index (χ2n) is 14.5. The zero-order valence-electron chi connectivity index (χ0n) is 27.0. The Morgan fingerprint density at radius 1 is 1.09 bits per heavy atom. The van der Waals surface area contributed by atoms with Gasteiger partial charge < -0.3 is 29.9 Å². The second kappa shape index (κ2) is 17.4. The van der Waals surface area contributed by atoms with Crippen LogP contribution in [0.1, 0.15) is 123 Å². The Balaban J connectivity index is 1.35. The monoisotopic (exact) mass is 608 g/mol. The van der Waals surface area contributed by atoms with Gasteiger partial charge in [-0.25, -0.2) is 0 Å². The molecule has 2 aliphatic heterocycles. The highest BCUT2D eigenvalue weighted by atomic mass is 16.5. The van der Waals surface area contributed by atoms with E-state index in [2.05, 4.69) is 12.2 Å². The Kier molecular flexibility index (Phi) is 14.0. The van der Waals surface area contributed by atoms with Crippen LogP contribution in [0, 0.1) is 23.7 Å². The van der Waals surface area contributed by atoms with Gasteiger partial charge in [-0.05, 0) is 75.5 Å². The Hall–Kier alpha value is -1.26. The average Bonchev–Trinajstić information content (AvgIpc) is 3.58. The lowest BCUT2D eigenvalue weighted by atomic mass is 9.75. The molecule has 0 bridgehead atoms. The average molecular weight is 609 g/mol. The fraction of sp³-hybridized carbons (Fsp3) is 0.941. The van der Waals surface area contributed by atoms with Crippen molar-refractivity contribution in [3.8, 4) is 0 Å². The van der Waals surface area contributed by atoms with E-state index in [1.807, 2.05) is 4.90 Å². The van der Waals surface area contributed by atoms with Crippen molar-refractivity contribution >= 4 is 11.9 Å². The van der Waals surface area contributed by atoms with Gasteiger partial charge in [0.25, 0.3) is 0 Å². The first kappa shape index (κ1) is 34.6. The molecule has 43 heavy (non-hydrogen) atoms. The molecule has 9 heteroatoms. The summed E-state index contributed by atoms with van der Waals surface area (Å²) >= 11 is 0. The quantitative estimate of drug-likeness (QED) is 0.156. The first-order valence-corrected chi connectivity index (χ1v) is 17.8. The molecule has 0 aromatic carbocycles. The molecule has 9 unspecified atom stereocenters. The van der Waals surface area contributed by atoms with Crippen LogP contribution in [-0.2, 0) is 19.1 Å². The fourth-order valence-electron chi connectivity index (χ4n) is 8.50. The van der Waals surface area contributed by atoms with E-state index in [1.165, 1.54) is 26.2 Å². The number of aliphatic hydroxyl groups is 2. The Morgan fingerprint density at radius 3 is 2.60 bits per heavy atom. The standard InChI is InChI=1S/C34H61N3O6/c1-3-4-5-8-28(39)20-30(42-23(2)38)12-11-24-16-27(34(41)31(17-24)43-29-9-6-7-10-29)22-37-21-26(19-33(37)40)15-25-13-14-36-32(35)18-25/h24-32,34,36,39,41H,3-22,35H2,1-2H3/p+1. The normalized spacial score (nSPS) is 33.6. The van der Waals surface area contributed by atoms with Crippen LogP contribution in [0.4, 0.5) is 0 Å². The summed E-state index contributed by atoms with van der Waals surface area (Å²) < 4.78 is 12.2. The number of nitrogens with zero attached hydrogens (tertiary/aromatic N) is 1. The topological polar surface area (TPSA) is 139 Å². The molecule has 9 atom stereocenters. The van der Waals surface area contributed by atoms with Crippen LogP contribution in [0.3, 0.4) is 0 Å². The van der Waals surface area contributed by atoms with Crippen LogP contribution in [0.5, 0.6) is 0 Å². The number of carbonyl (C=O) groups is 2. The number of carbonyl (C=O) groups excluding carboxylic acids is 2. The van der Waals surface area contributed by atoms with Crippen LogP contribution in [0.2, 0.25) is 0 Å². The van der Waals surface area contributed by atoms with E-state index in [0.29, 0.717) is 43.6 Å². The summed E-state index contributed by atoms with van der Waals surface area (Å²) in [6.07, 6.45) is 14.7. The van der Waals surface area contributed by atoms with Gasteiger partial charge >= 0.3 is 5.97 Å². The Bertz CT molecular complexity index is 854. The van der Waals surface area contributed by atoms with Crippen molar-refractivity contribution in [3.05, 3.63) is 0 Å². The number of amides is 1.